The monoisotopic (exact) mass is 442 g/mol. The van der Waals surface area contributed by atoms with E-state index in [9.17, 15) is 9.90 Å². The highest BCUT2D eigenvalue weighted by atomic mass is 16.5. The fourth-order valence-electron chi connectivity index (χ4n) is 5.19. The molecule has 166 valence electrons. The molecule has 1 saturated carbocycles. The predicted molar refractivity (Wildman–Crippen MR) is 122 cm³/mol. The van der Waals surface area contributed by atoms with Crippen molar-refractivity contribution in [1.29, 1.82) is 0 Å². The summed E-state index contributed by atoms with van der Waals surface area (Å²) in [7, 11) is 0. The Morgan fingerprint density at radius 3 is 2.48 bits per heavy atom. The highest BCUT2D eigenvalue weighted by molar-refractivity contribution is 5.98. The van der Waals surface area contributed by atoms with Crippen LogP contribution in [0.15, 0.2) is 60.9 Å². The van der Waals surface area contributed by atoms with E-state index in [2.05, 4.69) is 9.97 Å². The fourth-order valence-corrected chi connectivity index (χ4v) is 5.19. The quantitative estimate of drug-likeness (QED) is 0.486. The van der Waals surface area contributed by atoms with Crippen molar-refractivity contribution in [1.82, 2.24) is 24.6 Å². The summed E-state index contributed by atoms with van der Waals surface area (Å²) < 4.78 is 7.83. The van der Waals surface area contributed by atoms with Gasteiger partial charge in [-0.05, 0) is 49.2 Å². The van der Waals surface area contributed by atoms with E-state index in [0.717, 1.165) is 29.9 Å². The average molecular weight is 442 g/mol. The molecular weight excluding hydrogens is 420 g/mol. The number of rotatable bonds is 4. The zero-order chi connectivity index (χ0) is 22.5. The van der Waals surface area contributed by atoms with Gasteiger partial charge in [-0.3, -0.25) is 0 Å². The number of nitrogen functional groups attached to an aromatic ring is 1. The lowest BCUT2D eigenvalue weighted by Crippen LogP contribution is -2.39. The van der Waals surface area contributed by atoms with E-state index in [1.807, 2.05) is 59.3 Å². The Morgan fingerprint density at radius 1 is 1.03 bits per heavy atom. The lowest BCUT2D eigenvalue weighted by atomic mass is 10.0. The third-order valence-electron chi connectivity index (χ3n) is 6.69. The van der Waals surface area contributed by atoms with E-state index >= 15 is 0 Å². The standard InChI is InChI=1S/C24H22N6O3/c25-22-20-21(14-6-8-18(9-7-14)33-17-4-2-1-3-5-17)28-30(23(20)27-13-26-22)19-11-16-10-15(19)12-29(16)24(31)32/h1-9,13,15-16,19H,10-12H2,(H,31,32)(H2,25,26,27)/t15-,16-,19+/m0/s1. The van der Waals surface area contributed by atoms with Gasteiger partial charge in [0.1, 0.15) is 29.3 Å². The number of piperidine rings is 1. The molecule has 3 N–H and O–H groups in total. The third kappa shape index (κ3) is 3.24. The zero-order valence-corrected chi connectivity index (χ0v) is 17.7. The molecule has 1 aliphatic heterocycles. The molecule has 2 fully saturated rings. The maximum Gasteiger partial charge on any atom is 0.407 e. The van der Waals surface area contributed by atoms with E-state index in [1.54, 1.807) is 4.90 Å². The SMILES string of the molecule is Nc1ncnc2c1c(-c1ccc(Oc3ccccc3)cc1)nn2[C@@H]1C[C@@H]2C[C@H]1CN2C(=O)O. The van der Waals surface area contributed by atoms with Crippen molar-refractivity contribution in [2.75, 3.05) is 12.3 Å². The molecule has 1 aliphatic carbocycles. The number of hydrogen-bond acceptors (Lipinski definition) is 6. The second kappa shape index (κ2) is 7.47. The molecule has 3 atom stereocenters. The molecule has 2 aromatic carbocycles. The van der Waals surface area contributed by atoms with E-state index in [0.29, 0.717) is 29.1 Å². The van der Waals surface area contributed by atoms with Crippen LogP contribution >= 0.6 is 0 Å². The highest BCUT2D eigenvalue weighted by Gasteiger charge is 2.48. The van der Waals surface area contributed by atoms with Crippen molar-refractivity contribution in [3.05, 3.63) is 60.9 Å². The van der Waals surface area contributed by atoms with Crippen molar-refractivity contribution >= 4 is 22.9 Å². The second-order valence-electron chi connectivity index (χ2n) is 8.58. The minimum Gasteiger partial charge on any atom is -0.465 e. The van der Waals surface area contributed by atoms with Gasteiger partial charge in [0.25, 0.3) is 0 Å². The third-order valence-corrected chi connectivity index (χ3v) is 6.69. The molecule has 9 nitrogen and oxygen atoms in total. The summed E-state index contributed by atoms with van der Waals surface area (Å²) in [4.78, 5) is 21.7. The van der Waals surface area contributed by atoms with Gasteiger partial charge in [0.15, 0.2) is 5.65 Å². The van der Waals surface area contributed by atoms with E-state index < -0.39 is 6.09 Å². The normalized spacial score (nSPS) is 21.6. The first-order valence-corrected chi connectivity index (χ1v) is 10.9. The van der Waals surface area contributed by atoms with Crippen LogP contribution in [0.1, 0.15) is 18.9 Å². The number of aromatic nitrogens is 4. The minimum absolute atomic E-state index is 0.0220. The molecule has 2 aromatic heterocycles. The van der Waals surface area contributed by atoms with Crippen LogP contribution in [0.3, 0.4) is 0 Å². The molecule has 4 aromatic rings. The maximum atomic E-state index is 11.5. The molecule has 2 bridgehead atoms. The molecular formula is C24H22N6O3. The number of amides is 1. The number of fused-ring (bicyclic) bond motifs is 3. The van der Waals surface area contributed by atoms with Crippen molar-refractivity contribution in [3.8, 4) is 22.8 Å². The molecule has 6 rings (SSSR count). The number of para-hydroxylation sites is 1. The first-order valence-electron chi connectivity index (χ1n) is 10.9. The number of hydrogen-bond donors (Lipinski definition) is 2. The second-order valence-corrected chi connectivity index (χ2v) is 8.58. The molecule has 0 spiro atoms. The van der Waals surface area contributed by atoms with E-state index in [1.165, 1.54) is 6.33 Å². The van der Waals surface area contributed by atoms with Gasteiger partial charge in [0.2, 0.25) is 0 Å². The number of carboxylic acid groups (broad SMARTS) is 1. The van der Waals surface area contributed by atoms with Gasteiger partial charge in [-0.15, -0.1) is 0 Å². The molecule has 0 unspecified atom stereocenters. The van der Waals surface area contributed by atoms with Gasteiger partial charge >= 0.3 is 6.09 Å². The van der Waals surface area contributed by atoms with Crippen molar-refractivity contribution in [2.24, 2.45) is 5.92 Å². The van der Waals surface area contributed by atoms with Gasteiger partial charge in [-0.1, -0.05) is 18.2 Å². The van der Waals surface area contributed by atoms with Crippen LogP contribution in [0.4, 0.5) is 10.6 Å². The summed E-state index contributed by atoms with van der Waals surface area (Å²) in [5.74, 6) is 2.07. The Bertz CT molecular complexity index is 1340. The number of carbonyl (C=O) groups is 1. The van der Waals surface area contributed by atoms with Crippen LogP contribution in [0.5, 0.6) is 11.5 Å². The van der Waals surface area contributed by atoms with Gasteiger partial charge in [0, 0.05) is 24.1 Å². The molecule has 0 radical (unpaired) electrons. The Balaban J connectivity index is 1.35. The maximum absolute atomic E-state index is 11.5. The Hall–Kier alpha value is -4.14. The van der Waals surface area contributed by atoms with E-state index in [-0.39, 0.29) is 18.0 Å². The molecule has 1 saturated heterocycles. The Labute approximate surface area is 189 Å². The number of anilines is 1. The van der Waals surface area contributed by atoms with E-state index in [4.69, 9.17) is 15.6 Å². The van der Waals surface area contributed by atoms with Crippen molar-refractivity contribution in [2.45, 2.75) is 24.9 Å². The largest absolute Gasteiger partial charge is 0.465 e. The van der Waals surface area contributed by atoms with Crippen LogP contribution in [-0.2, 0) is 0 Å². The summed E-state index contributed by atoms with van der Waals surface area (Å²) in [6.07, 6.45) is 2.17. The van der Waals surface area contributed by atoms with Crippen molar-refractivity contribution < 1.29 is 14.6 Å². The van der Waals surface area contributed by atoms with Crippen LogP contribution in [0.25, 0.3) is 22.3 Å². The Kier molecular flexibility index (Phi) is 4.42. The molecule has 2 aliphatic rings. The lowest BCUT2D eigenvalue weighted by molar-refractivity contribution is 0.120. The summed E-state index contributed by atoms with van der Waals surface area (Å²) in [5.41, 5.74) is 8.54. The predicted octanol–water partition coefficient (Wildman–Crippen LogP) is 4.18. The first kappa shape index (κ1) is 19.5. The van der Waals surface area contributed by atoms with Crippen LogP contribution in [0.2, 0.25) is 0 Å². The molecule has 33 heavy (non-hydrogen) atoms. The summed E-state index contributed by atoms with van der Waals surface area (Å²) in [5, 5.41) is 15.1. The fraction of sp³-hybridized carbons (Fsp3) is 0.250. The van der Waals surface area contributed by atoms with Crippen LogP contribution < -0.4 is 10.5 Å². The number of nitrogens with zero attached hydrogens (tertiary/aromatic N) is 5. The van der Waals surface area contributed by atoms with Crippen molar-refractivity contribution in [3.63, 3.8) is 0 Å². The number of benzene rings is 2. The van der Waals surface area contributed by atoms with Crippen LogP contribution in [-0.4, -0.2) is 48.4 Å². The number of nitrogens with two attached hydrogens (primary N) is 1. The summed E-state index contributed by atoms with van der Waals surface area (Å²) in [6.45, 7) is 0.521. The van der Waals surface area contributed by atoms with Gasteiger partial charge < -0.3 is 20.5 Å². The Morgan fingerprint density at radius 2 is 1.79 bits per heavy atom. The smallest absolute Gasteiger partial charge is 0.407 e. The molecule has 9 heteroatoms. The van der Waals surface area contributed by atoms with Gasteiger partial charge in [-0.25, -0.2) is 19.4 Å². The minimum atomic E-state index is -0.851. The topological polar surface area (TPSA) is 119 Å². The lowest BCUT2D eigenvalue weighted by Gasteiger charge is -2.29. The summed E-state index contributed by atoms with van der Waals surface area (Å²) >= 11 is 0. The van der Waals surface area contributed by atoms with Crippen LogP contribution in [0, 0.1) is 5.92 Å². The number of ether oxygens (including phenoxy) is 1. The van der Waals surface area contributed by atoms with Gasteiger partial charge in [0.05, 0.1) is 11.4 Å². The molecule has 3 heterocycles. The molecule has 1 amide bonds. The summed E-state index contributed by atoms with van der Waals surface area (Å²) in [6, 6.07) is 17.4. The number of likely N-dealkylation sites (tertiary alicyclic amines) is 1. The van der Waals surface area contributed by atoms with Gasteiger partial charge in [-0.2, -0.15) is 5.10 Å². The average Bonchev–Trinajstić information content (AvgIpc) is 3.53. The zero-order valence-electron chi connectivity index (χ0n) is 17.7. The highest BCUT2D eigenvalue weighted by Crippen LogP contribution is 2.46. The first-order chi connectivity index (χ1) is 16.1.